The minimum Gasteiger partial charge on any atom is -0.506 e. The zero-order valence-electron chi connectivity index (χ0n) is 16.0. The summed E-state index contributed by atoms with van der Waals surface area (Å²) in [6.45, 7) is 6.80. The number of likely N-dealkylation sites (N-methyl/N-ethyl adjacent to an activating group) is 1. The van der Waals surface area contributed by atoms with E-state index in [1.165, 1.54) is 57.2 Å². The SMILES string of the molecule is CN1CCN(c2cc3c(cc2O)C24CCCCC25CN(CC4)C5C3)CC1. The highest BCUT2D eigenvalue weighted by atomic mass is 16.3. The third-order valence-electron chi connectivity index (χ3n) is 8.79. The van der Waals surface area contributed by atoms with Gasteiger partial charge in [-0.15, -0.1) is 0 Å². The fourth-order valence-corrected chi connectivity index (χ4v) is 7.44. The van der Waals surface area contributed by atoms with Crippen LogP contribution in [-0.2, 0) is 11.8 Å². The van der Waals surface area contributed by atoms with E-state index in [1.807, 2.05) is 0 Å². The van der Waals surface area contributed by atoms with Crippen LogP contribution in [0.4, 0.5) is 5.69 Å². The van der Waals surface area contributed by atoms with E-state index in [-0.39, 0.29) is 0 Å². The van der Waals surface area contributed by atoms with Crippen LogP contribution < -0.4 is 4.90 Å². The molecule has 5 aliphatic rings. The number of anilines is 1. The molecule has 1 aromatic rings. The van der Waals surface area contributed by atoms with Gasteiger partial charge in [-0.3, -0.25) is 4.90 Å². The Morgan fingerprint density at radius 3 is 2.65 bits per heavy atom. The Labute approximate surface area is 156 Å². The van der Waals surface area contributed by atoms with Crippen LogP contribution in [-0.4, -0.2) is 67.3 Å². The average Bonchev–Trinajstić information content (AvgIpc) is 2.66. The highest BCUT2D eigenvalue weighted by Gasteiger charge is 2.69. The molecule has 6 rings (SSSR count). The van der Waals surface area contributed by atoms with E-state index in [1.54, 1.807) is 5.56 Å². The molecule has 4 heteroatoms. The molecule has 2 bridgehead atoms. The molecule has 1 aromatic carbocycles. The predicted octanol–water partition coefficient (Wildman–Crippen LogP) is 2.59. The second-order valence-electron chi connectivity index (χ2n) is 9.67. The van der Waals surface area contributed by atoms with Crippen molar-refractivity contribution in [3.05, 3.63) is 23.3 Å². The van der Waals surface area contributed by atoms with Crippen LogP contribution in [0, 0.1) is 5.41 Å². The van der Waals surface area contributed by atoms with Crippen molar-refractivity contribution in [2.75, 3.05) is 51.2 Å². The number of fused-ring (bicyclic) bond motifs is 3. The Balaban J connectivity index is 1.45. The summed E-state index contributed by atoms with van der Waals surface area (Å²) in [7, 11) is 2.19. The maximum atomic E-state index is 11.0. The van der Waals surface area contributed by atoms with Crippen LogP contribution in [0.2, 0.25) is 0 Å². The Morgan fingerprint density at radius 2 is 1.81 bits per heavy atom. The standard InChI is InChI=1S/C22H31N3O/c1-23-8-10-24(11-9-23)18-12-16-13-20-22-5-3-2-4-21(22,6-7-25(20)15-22)17(16)14-19(18)26/h12,14,20,26H,2-11,13,15H2,1H3. The van der Waals surface area contributed by atoms with E-state index < -0.39 is 0 Å². The zero-order valence-corrected chi connectivity index (χ0v) is 16.0. The fraction of sp³-hybridized carbons (Fsp3) is 0.727. The van der Waals surface area contributed by atoms with Crippen molar-refractivity contribution in [1.29, 1.82) is 0 Å². The minimum atomic E-state index is 0.358. The lowest BCUT2D eigenvalue weighted by molar-refractivity contribution is -0.198. The van der Waals surface area contributed by atoms with E-state index in [0.29, 0.717) is 16.6 Å². The van der Waals surface area contributed by atoms with Gasteiger partial charge in [0.15, 0.2) is 0 Å². The van der Waals surface area contributed by atoms with E-state index in [0.717, 1.165) is 37.9 Å². The highest BCUT2D eigenvalue weighted by molar-refractivity contribution is 5.64. The second kappa shape index (κ2) is 5.17. The molecule has 0 aromatic heterocycles. The molecule has 4 nitrogen and oxygen atoms in total. The molecule has 2 aliphatic carbocycles. The number of rotatable bonds is 1. The van der Waals surface area contributed by atoms with Gasteiger partial charge in [-0.2, -0.15) is 0 Å². The van der Waals surface area contributed by atoms with E-state index >= 15 is 0 Å². The van der Waals surface area contributed by atoms with Crippen LogP contribution in [0.5, 0.6) is 5.75 Å². The summed E-state index contributed by atoms with van der Waals surface area (Å²) in [5.41, 5.74) is 5.04. The first kappa shape index (κ1) is 15.8. The average molecular weight is 354 g/mol. The molecule has 1 spiro atoms. The minimum absolute atomic E-state index is 0.358. The zero-order chi connectivity index (χ0) is 17.5. The Kier molecular flexibility index (Phi) is 3.13. The number of nitrogens with zero attached hydrogens (tertiary/aromatic N) is 3. The van der Waals surface area contributed by atoms with Gasteiger partial charge in [0.05, 0.1) is 5.69 Å². The molecule has 26 heavy (non-hydrogen) atoms. The van der Waals surface area contributed by atoms with Gasteiger partial charge in [0.25, 0.3) is 0 Å². The first-order chi connectivity index (χ1) is 12.6. The van der Waals surface area contributed by atoms with Crippen molar-refractivity contribution in [3.8, 4) is 5.75 Å². The molecule has 1 saturated carbocycles. The molecular weight excluding hydrogens is 322 g/mol. The van der Waals surface area contributed by atoms with Gasteiger partial charge in [0.2, 0.25) is 0 Å². The molecule has 3 saturated heterocycles. The maximum Gasteiger partial charge on any atom is 0.139 e. The van der Waals surface area contributed by atoms with Gasteiger partial charge in [-0.25, -0.2) is 0 Å². The Hall–Kier alpha value is -1.26. The van der Waals surface area contributed by atoms with Gasteiger partial charge in [0.1, 0.15) is 5.75 Å². The summed E-state index contributed by atoms with van der Waals surface area (Å²) in [6, 6.07) is 5.35. The van der Waals surface area contributed by atoms with Crippen LogP contribution >= 0.6 is 0 Å². The number of piperazine rings is 1. The van der Waals surface area contributed by atoms with Gasteiger partial charge in [0, 0.05) is 49.6 Å². The Morgan fingerprint density at radius 1 is 1.00 bits per heavy atom. The fourth-order valence-electron chi connectivity index (χ4n) is 7.44. The number of phenols is 1. The molecule has 3 aliphatic heterocycles. The van der Waals surface area contributed by atoms with Crippen molar-refractivity contribution >= 4 is 5.69 Å². The van der Waals surface area contributed by atoms with Crippen LogP contribution in [0.3, 0.4) is 0 Å². The number of aromatic hydroxyl groups is 1. The molecule has 4 unspecified atom stereocenters. The van der Waals surface area contributed by atoms with E-state index in [2.05, 4.69) is 33.9 Å². The second-order valence-corrected chi connectivity index (χ2v) is 9.67. The smallest absolute Gasteiger partial charge is 0.139 e. The summed E-state index contributed by atoms with van der Waals surface area (Å²) in [5.74, 6) is 0.531. The molecule has 0 amide bonds. The van der Waals surface area contributed by atoms with Gasteiger partial charge in [-0.1, -0.05) is 12.8 Å². The maximum absolute atomic E-state index is 11.0. The first-order valence-electron chi connectivity index (χ1n) is 10.7. The third kappa shape index (κ3) is 1.78. The highest BCUT2D eigenvalue weighted by Crippen LogP contribution is 2.68. The number of piperidine rings is 2. The van der Waals surface area contributed by atoms with Crippen molar-refractivity contribution < 1.29 is 5.11 Å². The predicted molar refractivity (Wildman–Crippen MR) is 104 cm³/mol. The topological polar surface area (TPSA) is 30.0 Å². The summed E-state index contributed by atoms with van der Waals surface area (Å²) in [4.78, 5) is 7.53. The van der Waals surface area contributed by atoms with Gasteiger partial charge in [-0.05, 0) is 62.5 Å². The molecule has 3 heterocycles. The van der Waals surface area contributed by atoms with Crippen molar-refractivity contribution in [3.63, 3.8) is 0 Å². The number of benzene rings is 1. The summed E-state index contributed by atoms with van der Waals surface area (Å²) in [5, 5.41) is 11.0. The summed E-state index contributed by atoms with van der Waals surface area (Å²) < 4.78 is 0. The van der Waals surface area contributed by atoms with Gasteiger partial charge < -0.3 is 14.9 Å². The van der Waals surface area contributed by atoms with Crippen molar-refractivity contribution in [2.24, 2.45) is 5.41 Å². The van der Waals surface area contributed by atoms with Gasteiger partial charge >= 0.3 is 0 Å². The number of hydrogen-bond acceptors (Lipinski definition) is 4. The molecule has 4 atom stereocenters. The molecule has 4 fully saturated rings. The van der Waals surface area contributed by atoms with Crippen LogP contribution in [0.15, 0.2) is 12.1 Å². The van der Waals surface area contributed by atoms with Crippen molar-refractivity contribution in [2.45, 2.75) is 50.0 Å². The number of hydrogen-bond donors (Lipinski definition) is 1. The molecular formula is C22H31N3O. The molecule has 140 valence electrons. The first-order valence-corrected chi connectivity index (χ1v) is 10.7. The summed E-state index contributed by atoms with van der Waals surface area (Å²) >= 11 is 0. The lowest BCUT2D eigenvalue weighted by Crippen LogP contribution is -2.79. The lowest BCUT2D eigenvalue weighted by Gasteiger charge is -2.74. The quantitative estimate of drug-likeness (QED) is 0.841. The van der Waals surface area contributed by atoms with Crippen molar-refractivity contribution in [1.82, 2.24) is 9.80 Å². The number of phenolic OH excluding ortho intramolecular Hbond substituents is 1. The normalized spacial score (nSPS) is 41.2. The Bertz CT molecular complexity index is 748. The lowest BCUT2D eigenvalue weighted by atomic mass is 9.40. The molecule has 0 radical (unpaired) electrons. The van der Waals surface area contributed by atoms with E-state index in [4.69, 9.17) is 0 Å². The largest absolute Gasteiger partial charge is 0.506 e. The summed E-state index contributed by atoms with van der Waals surface area (Å²) in [6.07, 6.45) is 8.05. The van der Waals surface area contributed by atoms with Crippen LogP contribution in [0.1, 0.15) is 43.2 Å². The third-order valence-corrected chi connectivity index (χ3v) is 8.79. The monoisotopic (exact) mass is 353 g/mol. The van der Waals surface area contributed by atoms with E-state index in [9.17, 15) is 5.11 Å². The van der Waals surface area contributed by atoms with Crippen LogP contribution in [0.25, 0.3) is 0 Å². The molecule has 1 N–H and O–H groups in total.